The van der Waals surface area contributed by atoms with Gasteiger partial charge in [0.2, 0.25) is 5.91 Å². The molecule has 0 saturated carbocycles. The lowest BCUT2D eigenvalue weighted by Crippen LogP contribution is -2.39. The summed E-state index contributed by atoms with van der Waals surface area (Å²) in [4.78, 5) is 18.1. The number of hydrogen-bond acceptors (Lipinski definition) is 4. The van der Waals surface area contributed by atoms with Crippen molar-refractivity contribution in [1.29, 1.82) is 0 Å². The van der Waals surface area contributed by atoms with E-state index in [-0.39, 0.29) is 10.7 Å². The molecule has 1 aliphatic heterocycles. The van der Waals surface area contributed by atoms with E-state index in [1.54, 1.807) is 0 Å². The molecular weight excluding hydrogens is 619 g/mol. The number of carbonyl (C=O) groups excluding carboxylic acids is 1. The first-order valence-electron chi connectivity index (χ1n) is 18.8. The van der Waals surface area contributed by atoms with Gasteiger partial charge in [0.25, 0.3) is 0 Å². The minimum atomic E-state index is -0.359. The second-order valence-electron chi connectivity index (χ2n) is 13.5. The Balaban J connectivity index is 1.01. The minimum absolute atomic E-state index is 0.134. The van der Waals surface area contributed by atoms with Gasteiger partial charge < -0.3 is 10.2 Å². The first kappa shape index (κ1) is 36.9. The molecule has 0 spiro atoms. The van der Waals surface area contributed by atoms with Gasteiger partial charge in [-0.05, 0) is 93.0 Å². The Morgan fingerprint density at radius 1 is 0.714 bits per heavy atom. The molecule has 1 N–H and O–H groups in total. The quantitative estimate of drug-likeness (QED) is 0.0748. The number of benzene rings is 4. The number of amides is 1. The molecule has 4 aromatic carbocycles. The zero-order chi connectivity index (χ0) is 34.0. The Hall–Kier alpha value is -3.38. The summed E-state index contributed by atoms with van der Waals surface area (Å²) in [6.07, 6.45) is 9.96. The summed E-state index contributed by atoms with van der Waals surface area (Å²) in [6.45, 7) is 9.02. The van der Waals surface area contributed by atoms with Crippen LogP contribution in [0.4, 0.5) is 0 Å². The molecule has 260 valence electrons. The van der Waals surface area contributed by atoms with Crippen LogP contribution in [0.3, 0.4) is 0 Å². The van der Waals surface area contributed by atoms with Crippen LogP contribution in [0.25, 0.3) is 0 Å². The van der Waals surface area contributed by atoms with Gasteiger partial charge in [0.05, 0.1) is 11.3 Å². The first-order chi connectivity index (χ1) is 24.2. The molecule has 1 aliphatic rings. The maximum Gasteiger partial charge on any atom is 0.234 e. The number of rotatable bonds is 20. The molecule has 4 nitrogen and oxygen atoms in total. The van der Waals surface area contributed by atoms with Crippen molar-refractivity contribution in [2.45, 2.75) is 69.0 Å². The highest BCUT2D eigenvalue weighted by Gasteiger charge is 2.36. The van der Waals surface area contributed by atoms with E-state index in [1.165, 1.54) is 86.8 Å². The van der Waals surface area contributed by atoms with Gasteiger partial charge in [-0.1, -0.05) is 148 Å². The van der Waals surface area contributed by atoms with Gasteiger partial charge in [-0.15, -0.1) is 11.8 Å². The molecule has 1 fully saturated rings. The summed E-state index contributed by atoms with van der Waals surface area (Å²) in [5.74, 6) is 1.68. The predicted molar refractivity (Wildman–Crippen MR) is 209 cm³/mol. The minimum Gasteiger partial charge on any atom is -0.354 e. The molecule has 1 heterocycles. The van der Waals surface area contributed by atoms with Crippen LogP contribution < -0.4 is 5.32 Å². The molecule has 0 aliphatic carbocycles. The summed E-state index contributed by atoms with van der Waals surface area (Å²) in [6, 6.07) is 43.4. The van der Waals surface area contributed by atoms with Crippen LogP contribution in [0.1, 0.15) is 86.5 Å². The Kier molecular flexibility index (Phi) is 15.3. The normalized spacial score (nSPS) is 14.2. The summed E-state index contributed by atoms with van der Waals surface area (Å²) in [7, 11) is 0. The van der Waals surface area contributed by atoms with E-state index in [0.717, 1.165) is 31.2 Å². The highest BCUT2D eigenvalue weighted by atomic mass is 32.2. The number of thioether (sulfide) groups is 1. The first-order valence-corrected chi connectivity index (χ1v) is 19.7. The molecule has 0 atom stereocenters. The Bertz CT molecular complexity index is 1360. The molecule has 5 heteroatoms. The second-order valence-corrected chi connectivity index (χ2v) is 14.9. The van der Waals surface area contributed by atoms with E-state index in [9.17, 15) is 4.79 Å². The third-order valence-electron chi connectivity index (χ3n) is 10.00. The number of hydrogen-bond donors (Lipinski definition) is 1. The van der Waals surface area contributed by atoms with E-state index in [2.05, 4.69) is 143 Å². The van der Waals surface area contributed by atoms with Crippen molar-refractivity contribution in [1.82, 2.24) is 15.1 Å². The SMILES string of the molecule is CCCN(CCCCCCCN1CCC(c2ccccc2)CC1)CC(=O)NCCSC(c1ccccc1)(c1ccccc1)c1ccccc1. The topological polar surface area (TPSA) is 35.6 Å². The fraction of sp³-hybridized carbons (Fsp3) is 0.432. The Morgan fingerprint density at radius 2 is 1.22 bits per heavy atom. The van der Waals surface area contributed by atoms with Crippen LogP contribution in [0, 0.1) is 0 Å². The maximum absolute atomic E-state index is 13.1. The van der Waals surface area contributed by atoms with E-state index < -0.39 is 0 Å². The molecular formula is C44H57N3OS. The third kappa shape index (κ3) is 11.1. The van der Waals surface area contributed by atoms with E-state index in [1.807, 2.05) is 11.8 Å². The van der Waals surface area contributed by atoms with Crippen LogP contribution in [-0.2, 0) is 9.54 Å². The van der Waals surface area contributed by atoms with Gasteiger partial charge in [-0.25, -0.2) is 0 Å². The average molecular weight is 676 g/mol. The molecule has 0 unspecified atom stereocenters. The van der Waals surface area contributed by atoms with Gasteiger partial charge in [0.15, 0.2) is 0 Å². The molecule has 0 radical (unpaired) electrons. The van der Waals surface area contributed by atoms with Crippen LogP contribution in [-0.4, -0.2) is 67.3 Å². The van der Waals surface area contributed by atoms with Crippen molar-refractivity contribution < 1.29 is 4.79 Å². The number of nitrogens with one attached hydrogen (secondary N) is 1. The average Bonchev–Trinajstić information content (AvgIpc) is 3.16. The third-order valence-corrected chi connectivity index (χ3v) is 11.5. The van der Waals surface area contributed by atoms with E-state index in [4.69, 9.17) is 0 Å². The number of likely N-dealkylation sites (tertiary alicyclic amines) is 1. The van der Waals surface area contributed by atoms with Gasteiger partial charge in [-0.2, -0.15) is 0 Å². The molecule has 1 saturated heterocycles. The lowest BCUT2D eigenvalue weighted by atomic mass is 9.84. The van der Waals surface area contributed by atoms with E-state index in [0.29, 0.717) is 13.1 Å². The molecule has 1 amide bonds. The largest absolute Gasteiger partial charge is 0.354 e. The van der Waals surface area contributed by atoms with Crippen LogP contribution in [0.5, 0.6) is 0 Å². The number of nitrogens with zero attached hydrogens (tertiary/aromatic N) is 2. The number of unbranched alkanes of at least 4 members (excludes halogenated alkanes) is 4. The lowest BCUT2D eigenvalue weighted by molar-refractivity contribution is -0.122. The standard InChI is InChI=1S/C44H57N3OS/c1-2-31-47(33-19-5-3-4-18-32-46-34-28-39(29-35-46)38-20-10-6-11-21-38)37-43(48)45-30-36-49-44(40-22-12-7-13-23-40,41-24-14-8-15-25-41)42-26-16-9-17-27-42/h6-17,20-27,39H,2-5,18-19,28-37H2,1H3,(H,45,48). The Morgan fingerprint density at radius 3 is 1.78 bits per heavy atom. The van der Waals surface area contributed by atoms with Gasteiger partial charge in [0, 0.05) is 12.3 Å². The van der Waals surface area contributed by atoms with Gasteiger partial charge in [0.1, 0.15) is 0 Å². The van der Waals surface area contributed by atoms with Crippen molar-refractivity contribution in [2.75, 3.05) is 51.6 Å². The molecule has 0 bridgehead atoms. The summed E-state index contributed by atoms with van der Waals surface area (Å²) in [5.41, 5.74) is 5.27. The number of carbonyl (C=O) groups is 1. The zero-order valence-corrected chi connectivity index (χ0v) is 30.5. The summed E-state index contributed by atoms with van der Waals surface area (Å²) in [5, 5.41) is 3.25. The highest BCUT2D eigenvalue weighted by Crippen LogP contribution is 2.48. The maximum atomic E-state index is 13.1. The smallest absolute Gasteiger partial charge is 0.234 e. The summed E-state index contributed by atoms with van der Waals surface area (Å²) < 4.78 is -0.359. The summed E-state index contributed by atoms with van der Waals surface area (Å²) >= 11 is 1.90. The zero-order valence-electron chi connectivity index (χ0n) is 29.6. The van der Waals surface area contributed by atoms with E-state index >= 15 is 0 Å². The van der Waals surface area contributed by atoms with Crippen molar-refractivity contribution in [3.8, 4) is 0 Å². The van der Waals surface area contributed by atoms with Crippen molar-refractivity contribution >= 4 is 17.7 Å². The predicted octanol–water partition coefficient (Wildman–Crippen LogP) is 9.37. The molecule has 0 aromatic heterocycles. The molecule has 49 heavy (non-hydrogen) atoms. The van der Waals surface area contributed by atoms with Gasteiger partial charge >= 0.3 is 0 Å². The van der Waals surface area contributed by atoms with Crippen molar-refractivity contribution in [3.63, 3.8) is 0 Å². The fourth-order valence-electron chi connectivity index (χ4n) is 7.42. The molecule has 4 aromatic rings. The monoisotopic (exact) mass is 675 g/mol. The molecule has 5 rings (SSSR count). The van der Waals surface area contributed by atoms with Crippen LogP contribution in [0.2, 0.25) is 0 Å². The fourth-order valence-corrected chi connectivity index (χ4v) is 8.84. The van der Waals surface area contributed by atoms with Crippen LogP contribution >= 0.6 is 11.8 Å². The Labute approximate surface area is 300 Å². The van der Waals surface area contributed by atoms with Crippen LogP contribution in [0.15, 0.2) is 121 Å². The van der Waals surface area contributed by atoms with Crippen molar-refractivity contribution in [3.05, 3.63) is 144 Å². The van der Waals surface area contributed by atoms with Gasteiger partial charge in [-0.3, -0.25) is 9.69 Å². The second kappa shape index (κ2) is 20.3. The van der Waals surface area contributed by atoms with Crippen molar-refractivity contribution in [2.24, 2.45) is 0 Å². The number of piperidine rings is 1. The highest BCUT2D eigenvalue weighted by molar-refractivity contribution is 8.00. The lowest BCUT2D eigenvalue weighted by Gasteiger charge is -2.35.